The van der Waals surface area contributed by atoms with E-state index in [1.807, 2.05) is 0 Å². The van der Waals surface area contributed by atoms with Crippen LogP contribution in [0.15, 0.2) is 36.7 Å². The monoisotopic (exact) mass is 325 g/mol. The summed E-state index contributed by atoms with van der Waals surface area (Å²) in [5.74, 6) is -0.0850. The van der Waals surface area contributed by atoms with Gasteiger partial charge in [-0.1, -0.05) is 11.6 Å². The van der Waals surface area contributed by atoms with Crippen LogP contribution in [0.4, 0.5) is 4.39 Å². The van der Waals surface area contributed by atoms with Crippen molar-refractivity contribution in [2.24, 2.45) is 0 Å². The van der Waals surface area contributed by atoms with Crippen LogP contribution in [0.1, 0.15) is 0 Å². The Bertz CT molecular complexity index is 781. The van der Waals surface area contributed by atoms with E-state index >= 15 is 0 Å². The predicted molar refractivity (Wildman–Crippen MR) is 73.4 cm³/mol. The van der Waals surface area contributed by atoms with E-state index < -0.39 is 5.82 Å². The van der Waals surface area contributed by atoms with E-state index in [2.05, 4.69) is 20.1 Å². The quantitative estimate of drug-likeness (QED) is 0.739. The fraction of sp³-hybridized carbons (Fsp3) is 0. The van der Waals surface area contributed by atoms with Crippen molar-refractivity contribution in [2.45, 2.75) is 0 Å². The molecule has 0 spiro atoms. The van der Waals surface area contributed by atoms with Crippen molar-refractivity contribution in [3.8, 4) is 17.7 Å². The summed E-state index contributed by atoms with van der Waals surface area (Å²) in [5, 5.41) is 4.00. The molecule has 0 radical (unpaired) electrons. The summed E-state index contributed by atoms with van der Waals surface area (Å²) in [6.07, 6.45) is 3.20. The van der Waals surface area contributed by atoms with Crippen molar-refractivity contribution < 1.29 is 9.13 Å². The van der Waals surface area contributed by atoms with Crippen LogP contribution < -0.4 is 4.74 Å². The van der Waals surface area contributed by atoms with Gasteiger partial charge in [-0.15, -0.1) is 0 Å². The van der Waals surface area contributed by atoms with Gasteiger partial charge < -0.3 is 4.74 Å². The number of hydrogen-bond donors (Lipinski definition) is 0. The van der Waals surface area contributed by atoms with E-state index in [1.165, 1.54) is 16.8 Å². The van der Waals surface area contributed by atoms with Crippen molar-refractivity contribution in [1.82, 2.24) is 24.7 Å². The highest BCUT2D eigenvalue weighted by Gasteiger charge is 2.11. The first-order valence-electron chi connectivity index (χ1n) is 5.66. The Balaban J connectivity index is 1.95. The third kappa shape index (κ3) is 3.09. The SMILES string of the molecule is Fc1ccc(Oc2nc(Cl)nc(-n3cccn3)n2)c(Cl)c1. The molecule has 0 unspecified atom stereocenters. The first-order valence-corrected chi connectivity index (χ1v) is 6.42. The Kier molecular flexibility index (Phi) is 3.68. The summed E-state index contributed by atoms with van der Waals surface area (Å²) < 4.78 is 19.8. The summed E-state index contributed by atoms with van der Waals surface area (Å²) in [5.41, 5.74) is 0. The number of rotatable bonds is 3. The summed E-state index contributed by atoms with van der Waals surface area (Å²) in [6.45, 7) is 0. The van der Waals surface area contributed by atoms with Gasteiger partial charge in [0.2, 0.25) is 5.28 Å². The lowest BCUT2D eigenvalue weighted by Gasteiger charge is -2.07. The van der Waals surface area contributed by atoms with Crippen LogP contribution in [-0.2, 0) is 0 Å². The van der Waals surface area contributed by atoms with Crippen molar-refractivity contribution in [2.75, 3.05) is 0 Å². The second-order valence-electron chi connectivity index (χ2n) is 3.81. The lowest BCUT2D eigenvalue weighted by Crippen LogP contribution is -2.05. The first-order chi connectivity index (χ1) is 10.1. The maximum atomic E-state index is 13.0. The van der Waals surface area contributed by atoms with Gasteiger partial charge in [0, 0.05) is 12.4 Å². The predicted octanol–water partition coefficient (Wildman–Crippen LogP) is 3.30. The third-order valence-corrected chi connectivity index (χ3v) is 2.84. The molecule has 3 aromatic rings. The fourth-order valence-electron chi connectivity index (χ4n) is 1.51. The molecule has 2 aromatic heterocycles. The van der Waals surface area contributed by atoms with E-state index in [9.17, 15) is 4.39 Å². The molecule has 6 nitrogen and oxygen atoms in total. The Morgan fingerprint density at radius 1 is 1.14 bits per heavy atom. The number of aromatic nitrogens is 5. The van der Waals surface area contributed by atoms with Crippen molar-refractivity contribution in [3.05, 3.63) is 52.8 Å². The number of halogens is 3. The Labute approximate surface area is 128 Å². The van der Waals surface area contributed by atoms with Gasteiger partial charge in [0.25, 0.3) is 5.95 Å². The number of hydrogen-bond acceptors (Lipinski definition) is 5. The van der Waals surface area contributed by atoms with Gasteiger partial charge in [-0.2, -0.15) is 20.1 Å². The standard InChI is InChI=1S/C12H6Cl2FN5O/c13-8-6-7(15)2-3-9(8)21-12-18-10(14)17-11(19-12)20-5-1-4-16-20/h1-6H. The largest absolute Gasteiger partial charge is 0.423 e. The Hall–Kier alpha value is -2.25. The maximum absolute atomic E-state index is 13.0. The zero-order chi connectivity index (χ0) is 14.8. The molecule has 1 aromatic carbocycles. The second-order valence-corrected chi connectivity index (χ2v) is 4.56. The average Bonchev–Trinajstić information content (AvgIpc) is 2.95. The summed E-state index contributed by atoms with van der Waals surface area (Å²) in [7, 11) is 0. The topological polar surface area (TPSA) is 65.7 Å². The van der Waals surface area contributed by atoms with Gasteiger partial charge in [0.15, 0.2) is 0 Å². The molecule has 21 heavy (non-hydrogen) atoms. The number of ether oxygens (including phenoxy) is 1. The van der Waals surface area contributed by atoms with Gasteiger partial charge in [0.05, 0.1) is 5.02 Å². The van der Waals surface area contributed by atoms with E-state index in [0.29, 0.717) is 0 Å². The Morgan fingerprint density at radius 2 is 2.00 bits per heavy atom. The van der Waals surface area contributed by atoms with Gasteiger partial charge in [0.1, 0.15) is 11.6 Å². The van der Waals surface area contributed by atoms with Crippen LogP contribution in [0.5, 0.6) is 11.8 Å². The van der Waals surface area contributed by atoms with Gasteiger partial charge in [-0.05, 0) is 35.9 Å². The molecule has 0 bridgehead atoms. The molecule has 0 atom stereocenters. The zero-order valence-corrected chi connectivity index (χ0v) is 11.8. The minimum absolute atomic E-state index is 0.0660. The lowest BCUT2D eigenvalue weighted by atomic mass is 10.3. The molecule has 0 saturated heterocycles. The van der Waals surface area contributed by atoms with Crippen LogP contribution in [0.3, 0.4) is 0 Å². The van der Waals surface area contributed by atoms with Crippen LogP contribution in [0, 0.1) is 5.82 Å². The molecule has 0 aliphatic rings. The number of benzene rings is 1. The zero-order valence-electron chi connectivity index (χ0n) is 10.2. The molecular weight excluding hydrogens is 320 g/mol. The molecule has 3 rings (SSSR count). The maximum Gasteiger partial charge on any atom is 0.328 e. The van der Waals surface area contributed by atoms with Crippen LogP contribution >= 0.6 is 23.2 Å². The summed E-state index contributed by atoms with van der Waals surface area (Å²) >= 11 is 11.7. The van der Waals surface area contributed by atoms with Gasteiger partial charge in [-0.3, -0.25) is 0 Å². The Morgan fingerprint density at radius 3 is 2.71 bits per heavy atom. The number of nitrogens with zero attached hydrogens (tertiary/aromatic N) is 5. The van der Waals surface area contributed by atoms with Crippen molar-refractivity contribution in [3.63, 3.8) is 0 Å². The highest BCUT2D eigenvalue weighted by molar-refractivity contribution is 6.32. The van der Waals surface area contributed by atoms with Crippen LogP contribution in [0.2, 0.25) is 10.3 Å². The normalized spacial score (nSPS) is 10.6. The molecular formula is C12H6Cl2FN5O. The first kappa shape index (κ1) is 13.7. The van der Waals surface area contributed by atoms with E-state index in [-0.39, 0.29) is 28.0 Å². The molecule has 0 amide bonds. The second kappa shape index (κ2) is 5.63. The van der Waals surface area contributed by atoms with E-state index in [0.717, 1.165) is 6.07 Å². The molecule has 0 fully saturated rings. The fourth-order valence-corrected chi connectivity index (χ4v) is 1.87. The molecule has 106 valence electrons. The molecule has 0 saturated carbocycles. The summed E-state index contributed by atoms with van der Waals surface area (Å²) in [4.78, 5) is 11.8. The molecule has 0 N–H and O–H groups in total. The van der Waals surface area contributed by atoms with Crippen LogP contribution in [-0.4, -0.2) is 24.7 Å². The van der Waals surface area contributed by atoms with Gasteiger partial charge in [-0.25, -0.2) is 9.07 Å². The minimum Gasteiger partial charge on any atom is -0.423 e. The highest BCUT2D eigenvalue weighted by atomic mass is 35.5. The van der Waals surface area contributed by atoms with Crippen molar-refractivity contribution >= 4 is 23.2 Å². The lowest BCUT2D eigenvalue weighted by molar-refractivity contribution is 0.436. The molecule has 0 aliphatic carbocycles. The van der Waals surface area contributed by atoms with Crippen LogP contribution in [0.25, 0.3) is 5.95 Å². The third-order valence-electron chi connectivity index (χ3n) is 2.38. The highest BCUT2D eigenvalue weighted by Crippen LogP contribution is 2.28. The van der Waals surface area contributed by atoms with E-state index in [4.69, 9.17) is 27.9 Å². The van der Waals surface area contributed by atoms with Gasteiger partial charge >= 0.3 is 6.01 Å². The van der Waals surface area contributed by atoms with Crippen molar-refractivity contribution in [1.29, 1.82) is 0 Å². The molecule has 9 heteroatoms. The smallest absolute Gasteiger partial charge is 0.328 e. The molecule has 2 heterocycles. The molecule has 0 aliphatic heterocycles. The van der Waals surface area contributed by atoms with E-state index in [1.54, 1.807) is 18.5 Å². The minimum atomic E-state index is -0.474. The average molecular weight is 326 g/mol. The summed E-state index contributed by atoms with van der Waals surface area (Å²) in [6, 6.07) is 5.32.